The Bertz CT molecular complexity index is 341. The lowest BCUT2D eigenvalue weighted by Gasteiger charge is -2.04. The summed E-state index contributed by atoms with van der Waals surface area (Å²) in [5.41, 5.74) is 0. The summed E-state index contributed by atoms with van der Waals surface area (Å²) in [5.74, 6) is 0.550. The van der Waals surface area contributed by atoms with Crippen LogP contribution in [0.5, 0.6) is 0 Å². The highest BCUT2D eigenvalue weighted by Gasteiger charge is 2.01. The molecule has 2 nitrogen and oxygen atoms in total. The van der Waals surface area contributed by atoms with Crippen molar-refractivity contribution in [1.29, 1.82) is 0 Å². The Hall–Kier alpha value is -0.440. The molecule has 0 saturated heterocycles. The average molecular weight is 413 g/mol. The Morgan fingerprint density at radius 3 is 1.57 bits per heavy atom. The van der Waals surface area contributed by atoms with Crippen LogP contribution < -0.4 is 0 Å². The second-order valence-corrected chi connectivity index (χ2v) is 8.49. The summed E-state index contributed by atoms with van der Waals surface area (Å²) < 4.78 is 5.01. The predicted octanol–water partition coefficient (Wildman–Crippen LogP) is 8.45. The second kappa shape index (κ2) is 24.6. The molecule has 0 aromatic rings. The molecule has 0 atom stereocenters. The third kappa shape index (κ3) is 23.6. The topological polar surface area (TPSA) is 26.3 Å². The maximum atomic E-state index is 11.3. The molecule has 28 heavy (non-hydrogen) atoms. The van der Waals surface area contributed by atoms with Gasteiger partial charge in [-0.2, -0.15) is 12.6 Å². The minimum Gasteiger partial charge on any atom is -0.465 e. The van der Waals surface area contributed by atoms with Gasteiger partial charge < -0.3 is 4.74 Å². The Labute approximate surface area is 181 Å². The third-order valence-electron chi connectivity index (χ3n) is 5.25. The zero-order chi connectivity index (χ0) is 20.5. The molecule has 0 spiro atoms. The summed E-state index contributed by atoms with van der Waals surface area (Å²) in [5, 5.41) is 0. The van der Waals surface area contributed by atoms with Gasteiger partial charge >= 0.3 is 5.97 Å². The highest BCUT2D eigenvalue weighted by Crippen LogP contribution is 2.13. The lowest BCUT2D eigenvalue weighted by Crippen LogP contribution is -2.06. The first-order valence-corrected chi connectivity index (χ1v) is 12.9. The Morgan fingerprint density at radius 2 is 1.11 bits per heavy atom. The van der Waals surface area contributed by atoms with Crippen LogP contribution in [0.4, 0.5) is 0 Å². The van der Waals surface area contributed by atoms with Crippen molar-refractivity contribution in [2.75, 3.05) is 12.4 Å². The van der Waals surface area contributed by atoms with Gasteiger partial charge in [0.2, 0.25) is 0 Å². The van der Waals surface area contributed by atoms with Crippen LogP contribution in [0.15, 0.2) is 12.2 Å². The van der Waals surface area contributed by atoms with Gasteiger partial charge in [0.25, 0.3) is 0 Å². The van der Waals surface area contributed by atoms with E-state index in [2.05, 4.69) is 31.7 Å². The van der Waals surface area contributed by atoms with Crippen molar-refractivity contribution >= 4 is 18.6 Å². The SMILES string of the molecule is CCCCCCC/C=C/CCCCCCCCCCCCCC(=O)OCCS. The summed E-state index contributed by atoms with van der Waals surface area (Å²) in [7, 11) is 0. The summed E-state index contributed by atoms with van der Waals surface area (Å²) in [6.45, 7) is 2.72. The molecule has 0 rings (SSSR count). The van der Waals surface area contributed by atoms with E-state index in [0.29, 0.717) is 18.8 Å². The molecule has 0 bridgehead atoms. The highest BCUT2D eigenvalue weighted by atomic mass is 32.1. The number of allylic oxidation sites excluding steroid dienone is 2. The summed E-state index contributed by atoms with van der Waals surface area (Å²) in [6, 6.07) is 0. The molecular formula is C25H48O2S. The molecule has 0 radical (unpaired) electrons. The Balaban J connectivity index is 3.11. The minimum absolute atomic E-state index is 0.0630. The molecule has 3 heteroatoms. The molecule has 0 aromatic heterocycles. The maximum absolute atomic E-state index is 11.3. The number of esters is 1. The molecule has 0 aliphatic heterocycles. The lowest BCUT2D eigenvalue weighted by atomic mass is 10.0. The van der Waals surface area contributed by atoms with Gasteiger partial charge in [-0.25, -0.2) is 0 Å². The van der Waals surface area contributed by atoms with E-state index in [1.165, 1.54) is 103 Å². The van der Waals surface area contributed by atoms with Crippen molar-refractivity contribution in [3.8, 4) is 0 Å². The largest absolute Gasteiger partial charge is 0.465 e. The number of thiol groups is 1. The van der Waals surface area contributed by atoms with Gasteiger partial charge in [-0.15, -0.1) is 0 Å². The Kier molecular flexibility index (Phi) is 24.2. The molecule has 0 aliphatic rings. The first-order chi connectivity index (χ1) is 13.8. The van der Waals surface area contributed by atoms with Crippen LogP contribution in [0, 0.1) is 0 Å². The quantitative estimate of drug-likeness (QED) is 0.0835. The first kappa shape index (κ1) is 27.6. The van der Waals surface area contributed by atoms with Crippen LogP contribution in [0.2, 0.25) is 0 Å². The van der Waals surface area contributed by atoms with Crippen molar-refractivity contribution in [2.24, 2.45) is 0 Å². The molecule has 0 aromatic carbocycles. The molecule has 0 unspecified atom stereocenters. The molecule has 0 aliphatic carbocycles. The fourth-order valence-corrected chi connectivity index (χ4v) is 3.55. The van der Waals surface area contributed by atoms with E-state index in [1.807, 2.05) is 0 Å². The van der Waals surface area contributed by atoms with Gasteiger partial charge in [-0.05, 0) is 32.1 Å². The van der Waals surface area contributed by atoms with Gasteiger partial charge in [-0.3, -0.25) is 4.79 Å². The van der Waals surface area contributed by atoms with Crippen LogP contribution in [-0.2, 0) is 9.53 Å². The van der Waals surface area contributed by atoms with Gasteiger partial charge in [0.05, 0.1) is 0 Å². The predicted molar refractivity (Wildman–Crippen MR) is 127 cm³/mol. The number of carbonyl (C=O) groups is 1. The van der Waals surface area contributed by atoms with Crippen LogP contribution in [0.1, 0.15) is 129 Å². The number of carbonyl (C=O) groups excluding carboxylic acids is 1. The number of hydrogen-bond acceptors (Lipinski definition) is 3. The molecular weight excluding hydrogens is 364 g/mol. The van der Waals surface area contributed by atoms with Crippen LogP contribution in [0.3, 0.4) is 0 Å². The van der Waals surface area contributed by atoms with E-state index in [1.54, 1.807) is 0 Å². The third-order valence-corrected chi connectivity index (χ3v) is 5.43. The number of rotatable bonds is 22. The van der Waals surface area contributed by atoms with Gasteiger partial charge in [0.15, 0.2) is 0 Å². The van der Waals surface area contributed by atoms with E-state index in [9.17, 15) is 4.79 Å². The van der Waals surface area contributed by atoms with E-state index in [4.69, 9.17) is 4.74 Å². The molecule has 0 heterocycles. The van der Waals surface area contributed by atoms with Gasteiger partial charge in [0.1, 0.15) is 6.61 Å². The zero-order valence-electron chi connectivity index (χ0n) is 18.8. The number of hydrogen-bond donors (Lipinski definition) is 1. The summed E-state index contributed by atoms with van der Waals surface area (Å²) in [6.07, 6.45) is 29.2. The van der Waals surface area contributed by atoms with Crippen molar-refractivity contribution in [2.45, 2.75) is 129 Å². The minimum atomic E-state index is -0.0630. The summed E-state index contributed by atoms with van der Waals surface area (Å²) >= 11 is 4.03. The van der Waals surface area contributed by atoms with Crippen molar-refractivity contribution < 1.29 is 9.53 Å². The number of ether oxygens (including phenoxy) is 1. The highest BCUT2D eigenvalue weighted by molar-refractivity contribution is 7.80. The molecule has 0 amide bonds. The lowest BCUT2D eigenvalue weighted by molar-refractivity contribution is -0.143. The average Bonchev–Trinajstić information content (AvgIpc) is 2.70. The first-order valence-electron chi connectivity index (χ1n) is 12.2. The molecule has 166 valence electrons. The van der Waals surface area contributed by atoms with E-state index >= 15 is 0 Å². The van der Waals surface area contributed by atoms with E-state index < -0.39 is 0 Å². The normalized spacial score (nSPS) is 11.4. The van der Waals surface area contributed by atoms with E-state index in [-0.39, 0.29) is 5.97 Å². The fraction of sp³-hybridized carbons (Fsp3) is 0.880. The van der Waals surface area contributed by atoms with Gasteiger partial charge in [0, 0.05) is 12.2 Å². The van der Waals surface area contributed by atoms with Crippen molar-refractivity contribution in [3.05, 3.63) is 12.2 Å². The molecule has 0 N–H and O–H groups in total. The van der Waals surface area contributed by atoms with Gasteiger partial charge in [-0.1, -0.05) is 103 Å². The Morgan fingerprint density at radius 1 is 0.679 bits per heavy atom. The molecule has 0 saturated carbocycles. The van der Waals surface area contributed by atoms with Crippen LogP contribution in [0.25, 0.3) is 0 Å². The monoisotopic (exact) mass is 412 g/mol. The summed E-state index contributed by atoms with van der Waals surface area (Å²) in [4.78, 5) is 11.3. The second-order valence-electron chi connectivity index (χ2n) is 8.05. The van der Waals surface area contributed by atoms with Crippen LogP contribution >= 0.6 is 12.6 Å². The number of unbranched alkanes of at least 4 members (excludes halogenated alkanes) is 16. The standard InChI is InChI=1S/C25H48O2S/c1-2-3-4-5-6-7-8-9-10-11-12-13-14-15-16-17-18-19-20-21-22-25(26)27-23-24-28/h8-9,28H,2-7,10-24H2,1H3/b9-8+. The van der Waals surface area contributed by atoms with Crippen LogP contribution in [-0.4, -0.2) is 18.3 Å². The van der Waals surface area contributed by atoms with Crippen molar-refractivity contribution in [1.82, 2.24) is 0 Å². The smallest absolute Gasteiger partial charge is 0.305 e. The zero-order valence-corrected chi connectivity index (χ0v) is 19.7. The fourth-order valence-electron chi connectivity index (χ4n) is 3.46. The van der Waals surface area contributed by atoms with E-state index in [0.717, 1.165) is 12.8 Å². The molecule has 0 fully saturated rings. The van der Waals surface area contributed by atoms with Crippen molar-refractivity contribution in [3.63, 3.8) is 0 Å². The maximum Gasteiger partial charge on any atom is 0.305 e.